The number of nitrogens with one attached hydrogen (secondary N) is 1. The minimum absolute atomic E-state index is 0.199. The Bertz CT molecular complexity index is 1270. The summed E-state index contributed by atoms with van der Waals surface area (Å²) in [7, 11) is 3.95. The molecule has 0 atom stereocenters. The molecule has 0 radical (unpaired) electrons. The molecular formula is C22H20N6O3. The van der Waals surface area contributed by atoms with Crippen LogP contribution in [0.2, 0.25) is 0 Å². The van der Waals surface area contributed by atoms with Crippen molar-refractivity contribution >= 4 is 28.6 Å². The number of anilines is 1. The van der Waals surface area contributed by atoms with Crippen LogP contribution in [-0.2, 0) is 6.54 Å². The fourth-order valence-corrected chi connectivity index (χ4v) is 3.32. The third-order valence-corrected chi connectivity index (χ3v) is 4.61. The lowest BCUT2D eigenvalue weighted by Gasteiger charge is -2.10. The van der Waals surface area contributed by atoms with E-state index in [2.05, 4.69) is 20.4 Å². The number of pyridine rings is 2. The minimum atomic E-state index is -1.21. The zero-order valence-corrected chi connectivity index (χ0v) is 17.0. The van der Waals surface area contributed by atoms with Crippen molar-refractivity contribution in [3.8, 4) is 11.1 Å². The van der Waals surface area contributed by atoms with Crippen LogP contribution in [-0.4, -0.2) is 55.9 Å². The highest BCUT2D eigenvalue weighted by Crippen LogP contribution is 2.27. The van der Waals surface area contributed by atoms with Crippen molar-refractivity contribution in [3.05, 3.63) is 72.4 Å². The van der Waals surface area contributed by atoms with Crippen LogP contribution in [0.15, 0.2) is 61.2 Å². The number of benzene rings is 1. The molecule has 4 aromatic rings. The Morgan fingerprint density at radius 2 is 1.90 bits per heavy atom. The van der Waals surface area contributed by atoms with Gasteiger partial charge in [-0.15, -0.1) is 0 Å². The number of amides is 1. The molecule has 0 saturated carbocycles. The van der Waals surface area contributed by atoms with E-state index < -0.39 is 12.0 Å². The molecule has 9 nitrogen and oxygen atoms in total. The molecule has 0 aliphatic heterocycles. The molecule has 0 aliphatic carbocycles. The smallest absolute Gasteiger partial charge is 0.357 e. The van der Waals surface area contributed by atoms with E-state index in [0.29, 0.717) is 16.6 Å². The molecular weight excluding hydrogens is 396 g/mol. The summed E-state index contributed by atoms with van der Waals surface area (Å²) < 4.78 is 1.05. The Morgan fingerprint density at radius 1 is 1.06 bits per heavy atom. The number of carbonyl (C=O) groups is 2. The summed E-state index contributed by atoms with van der Waals surface area (Å²) in [5, 5.41) is 16.7. The SMILES string of the molecule is CN(C)Cc1cncc(-c2ccc3c(c2)c(C(=O)O)nn3C(=O)Nc2cccnc2)c1. The first-order valence-corrected chi connectivity index (χ1v) is 9.49. The molecule has 0 saturated heterocycles. The second-order valence-electron chi connectivity index (χ2n) is 7.29. The van der Waals surface area contributed by atoms with Crippen LogP contribution in [0.3, 0.4) is 0 Å². The van der Waals surface area contributed by atoms with Crippen LogP contribution in [0.25, 0.3) is 22.0 Å². The molecule has 4 rings (SSSR count). The van der Waals surface area contributed by atoms with Gasteiger partial charge in [-0.2, -0.15) is 9.78 Å². The normalized spacial score (nSPS) is 11.1. The fraction of sp³-hybridized carbons (Fsp3) is 0.136. The highest BCUT2D eigenvalue weighted by Gasteiger charge is 2.21. The molecule has 2 N–H and O–H groups in total. The summed E-state index contributed by atoms with van der Waals surface area (Å²) in [6, 6.07) is 10.0. The van der Waals surface area contributed by atoms with Crippen molar-refractivity contribution < 1.29 is 14.7 Å². The lowest BCUT2D eigenvalue weighted by atomic mass is 10.0. The molecule has 156 valence electrons. The lowest BCUT2D eigenvalue weighted by molar-refractivity contribution is 0.0692. The predicted octanol–water partition coefficient (Wildman–Crippen LogP) is 3.33. The largest absolute Gasteiger partial charge is 0.476 e. The van der Waals surface area contributed by atoms with Crippen molar-refractivity contribution in [1.29, 1.82) is 0 Å². The maximum Gasteiger partial charge on any atom is 0.357 e. The maximum atomic E-state index is 12.7. The van der Waals surface area contributed by atoms with Gasteiger partial charge >= 0.3 is 12.0 Å². The first-order valence-electron chi connectivity index (χ1n) is 9.49. The topological polar surface area (TPSA) is 113 Å². The van der Waals surface area contributed by atoms with Gasteiger partial charge in [0.1, 0.15) is 0 Å². The molecule has 1 amide bonds. The molecule has 3 aromatic heterocycles. The van der Waals surface area contributed by atoms with Crippen LogP contribution in [0.5, 0.6) is 0 Å². The van der Waals surface area contributed by atoms with Crippen molar-refractivity contribution in [3.63, 3.8) is 0 Å². The molecule has 3 heterocycles. The quantitative estimate of drug-likeness (QED) is 0.513. The monoisotopic (exact) mass is 416 g/mol. The van der Waals surface area contributed by atoms with Gasteiger partial charge in [0.2, 0.25) is 0 Å². The van der Waals surface area contributed by atoms with Gasteiger partial charge in [-0.25, -0.2) is 9.59 Å². The Balaban J connectivity index is 1.75. The molecule has 0 aliphatic rings. The van der Waals surface area contributed by atoms with Crippen LogP contribution >= 0.6 is 0 Å². The second kappa shape index (κ2) is 8.33. The number of carboxylic acid groups (broad SMARTS) is 1. The van der Waals surface area contributed by atoms with Crippen molar-refractivity contribution in [2.45, 2.75) is 6.54 Å². The summed E-state index contributed by atoms with van der Waals surface area (Å²) in [5.41, 5.74) is 3.34. The van der Waals surface area contributed by atoms with Gasteiger partial charge in [0.05, 0.1) is 17.4 Å². The summed E-state index contributed by atoms with van der Waals surface area (Å²) in [5.74, 6) is -1.21. The van der Waals surface area contributed by atoms with Gasteiger partial charge in [-0.1, -0.05) is 6.07 Å². The first-order chi connectivity index (χ1) is 14.9. The maximum absolute atomic E-state index is 12.7. The molecule has 0 spiro atoms. The zero-order valence-electron chi connectivity index (χ0n) is 17.0. The zero-order chi connectivity index (χ0) is 22.0. The van der Waals surface area contributed by atoms with E-state index in [1.54, 1.807) is 42.9 Å². The van der Waals surface area contributed by atoms with Crippen LogP contribution in [0.1, 0.15) is 16.1 Å². The molecule has 0 unspecified atom stereocenters. The number of carbonyl (C=O) groups excluding carboxylic acids is 1. The van der Waals surface area contributed by atoms with Gasteiger partial charge in [0.25, 0.3) is 0 Å². The number of hydrogen-bond donors (Lipinski definition) is 2. The van der Waals surface area contributed by atoms with E-state index >= 15 is 0 Å². The van der Waals surface area contributed by atoms with Gasteiger partial charge in [0.15, 0.2) is 5.69 Å². The molecule has 31 heavy (non-hydrogen) atoms. The Labute approximate surface area is 178 Å². The van der Waals surface area contributed by atoms with E-state index in [1.807, 2.05) is 31.1 Å². The van der Waals surface area contributed by atoms with Gasteiger partial charge < -0.3 is 15.3 Å². The Morgan fingerprint density at radius 3 is 2.61 bits per heavy atom. The molecule has 1 aromatic carbocycles. The Kier molecular flexibility index (Phi) is 5.42. The standard InChI is InChI=1S/C22H20N6O3/c1-27(2)13-14-8-16(11-24-10-14)15-5-6-19-18(9-15)20(21(29)30)26-28(19)22(31)25-17-4-3-7-23-12-17/h3-12H,13H2,1-2H3,(H,25,31)(H,29,30). The summed E-state index contributed by atoms with van der Waals surface area (Å²) in [4.78, 5) is 34.8. The number of hydrogen-bond acceptors (Lipinski definition) is 6. The third kappa shape index (κ3) is 4.26. The summed E-state index contributed by atoms with van der Waals surface area (Å²) >= 11 is 0. The van der Waals surface area contributed by atoms with E-state index in [1.165, 1.54) is 6.20 Å². The van der Waals surface area contributed by atoms with Crippen LogP contribution in [0.4, 0.5) is 10.5 Å². The molecule has 0 bridgehead atoms. The van der Waals surface area contributed by atoms with Gasteiger partial charge in [0, 0.05) is 36.1 Å². The second-order valence-corrected chi connectivity index (χ2v) is 7.29. The van der Waals surface area contributed by atoms with E-state index in [4.69, 9.17) is 0 Å². The summed E-state index contributed by atoms with van der Waals surface area (Å²) in [6.45, 7) is 0.732. The van der Waals surface area contributed by atoms with Crippen LogP contribution in [0, 0.1) is 0 Å². The summed E-state index contributed by atoms with van der Waals surface area (Å²) in [6.07, 6.45) is 6.60. The molecule has 9 heteroatoms. The van der Waals surface area contributed by atoms with Crippen molar-refractivity contribution in [2.24, 2.45) is 0 Å². The average molecular weight is 416 g/mol. The highest BCUT2D eigenvalue weighted by atomic mass is 16.4. The average Bonchev–Trinajstić information content (AvgIpc) is 3.13. The van der Waals surface area contributed by atoms with E-state index in [0.717, 1.165) is 27.9 Å². The molecule has 0 fully saturated rings. The van der Waals surface area contributed by atoms with Crippen molar-refractivity contribution in [2.75, 3.05) is 19.4 Å². The lowest BCUT2D eigenvalue weighted by Crippen LogP contribution is -2.21. The predicted molar refractivity (Wildman–Crippen MR) is 116 cm³/mol. The fourth-order valence-electron chi connectivity index (χ4n) is 3.32. The number of aromatic nitrogens is 4. The third-order valence-electron chi connectivity index (χ3n) is 4.61. The van der Waals surface area contributed by atoms with E-state index in [-0.39, 0.29) is 5.69 Å². The number of aromatic carboxylic acids is 1. The Hall–Kier alpha value is -4.11. The van der Waals surface area contributed by atoms with Crippen LogP contribution < -0.4 is 5.32 Å². The number of carboxylic acids is 1. The first kappa shape index (κ1) is 20.2. The van der Waals surface area contributed by atoms with Gasteiger partial charge in [-0.05, 0) is 55.6 Å². The highest BCUT2D eigenvalue weighted by molar-refractivity contribution is 6.06. The van der Waals surface area contributed by atoms with E-state index in [9.17, 15) is 14.7 Å². The minimum Gasteiger partial charge on any atom is -0.476 e. The number of rotatable bonds is 5. The number of fused-ring (bicyclic) bond motifs is 1. The van der Waals surface area contributed by atoms with Gasteiger partial charge in [-0.3, -0.25) is 9.97 Å². The number of nitrogens with zero attached hydrogens (tertiary/aromatic N) is 5. The van der Waals surface area contributed by atoms with Crippen molar-refractivity contribution in [1.82, 2.24) is 24.6 Å².